The van der Waals surface area contributed by atoms with E-state index in [1.807, 2.05) is 26.0 Å². The first-order valence-corrected chi connectivity index (χ1v) is 10.1. The van der Waals surface area contributed by atoms with Crippen molar-refractivity contribution in [3.8, 4) is 5.75 Å². The van der Waals surface area contributed by atoms with Gasteiger partial charge in [0.25, 0.3) is 5.91 Å². The Balaban J connectivity index is 1.86. The van der Waals surface area contributed by atoms with E-state index < -0.39 is 27.9 Å². The Morgan fingerprint density at radius 3 is 2.32 bits per heavy atom. The predicted octanol–water partition coefficient (Wildman–Crippen LogP) is 1.11. The van der Waals surface area contributed by atoms with Gasteiger partial charge in [-0.3, -0.25) is 20.4 Å². The summed E-state index contributed by atoms with van der Waals surface area (Å²) in [5.74, 6) is -0.363. The predicted molar refractivity (Wildman–Crippen MR) is 104 cm³/mol. The first-order valence-electron chi connectivity index (χ1n) is 8.51. The van der Waals surface area contributed by atoms with E-state index >= 15 is 0 Å². The number of primary sulfonamides is 1. The number of aryl methyl sites for hydroxylation is 1. The molecule has 0 heterocycles. The molecule has 0 aliphatic carbocycles. The van der Waals surface area contributed by atoms with Crippen LogP contribution in [0.5, 0.6) is 5.75 Å². The minimum Gasteiger partial charge on any atom is -0.481 e. The number of ether oxygens (including phenoxy) is 1. The fourth-order valence-electron chi connectivity index (χ4n) is 2.36. The van der Waals surface area contributed by atoms with E-state index in [4.69, 9.17) is 9.88 Å². The van der Waals surface area contributed by atoms with Crippen molar-refractivity contribution in [3.63, 3.8) is 0 Å². The molecule has 0 fully saturated rings. The lowest BCUT2D eigenvalue weighted by atomic mass is 10.1. The molecular formula is C19H23N3O5S. The molecule has 0 saturated carbocycles. The Morgan fingerprint density at radius 2 is 1.71 bits per heavy atom. The molecule has 0 aliphatic rings. The maximum atomic E-state index is 12.1. The molecule has 150 valence electrons. The number of sulfonamides is 1. The monoisotopic (exact) mass is 405 g/mol. The molecule has 1 unspecified atom stereocenters. The van der Waals surface area contributed by atoms with Crippen LogP contribution in [0.1, 0.15) is 23.6 Å². The lowest BCUT2D eigenvalue weighted by Crippen LogP contribution is -2.47. The quantitative estimate of drug-likeness (QED) is 0.620. The molecule has 9 heteroatoms. The van der Waals surface area contributed by atoms with Gasteiger partial charge in [-0.1, -0.05) is 24.3 Å². The summed E-state index contributed by atoms with van der Waals surface area (Å²) in [6, 6.07) is 11.2. The molecule has 0 saturated heterocycles. The van der Waals surface area contributed by atoms with Crippen molar-refractivity contribution in [2.45, 2.75) is 38.2 Å². The van der Waals surface area contributed by atoms with Crippen molar-refractivity contribution in [2.75, 3.05) is 0 Å². The number of benzene rings is 2. The molecule has 2 amide bonds. The second kappa shape index (κ2) is 8.85. The van der Waals surface area contributed by atoms with Crippen molar-refractivity contribution in [1.82, 2.24) is 10.9 Å². The van der Waals surface area contributed by atoms with E-state index in [1.54, 1.807) is 13.0 Å². The number of nitrogens with two attached hydrogens (primary N) is 1. The van der Waals surface area contributed by atoms with Crippen molar-refractivity contribution >= 4 is 21.8 Å². The van der Waals surface area contributed by atoms with Crippen LogP contribution in [0.2, 0.25) is 0 Å². The summed E-state index contributed by atoms with van der Waals surface area (Å²) in [6.07, 6.45) is -0.855. The second-order valence-corrected chi connectivity index (χ2v) is 7.92. The van der Waals surface area contributed by atoms with E-state index in [9.17, 15) is 18.0 Å². The van der Waals surface area contributed by atoms with E-state index in [1.165, 1.54) is 24.3 Å². The molecule has 28 heavy (non-hydrogen) atoms. The summed E-state index contributed by atoms with van der Waals surface area (Å²) in [5, 5.41) is 5.02. The largest absolute Gasteiger partial charge is 0.481 e. The van der Waals surface area contributed by atoms with Crippen LogP contribution in [0.25, 0.3) is 0 Å². The normalized spacial score (nSPS) is 12.1. The number of hydrogen-bond acceptors (Lipinski definition) is 5. The molecule has 0 bridgehead atoms. The zero-order chi connectivity index (χ0) is 20.9. The van der Waals surface area contributed by atoms with E-state index in [0.717, 1.165) is 11.1 Å². The zero-order valence-corrected chi connectivity index (χ0v) is 16.7. The van der Waals surface area contributed by atoms with Crippen molar-refractivity contribution in [2.24, 2.45) is 5.14 Å². The van der Waals surface area contributed by atoms with E-state index in [2.05, 4.69) is 10.9 Å². The van der Waals surface area contributed by atoms with Gasteiger partial charge in [-0.15, -0.1) is 0 Å². The molecule has 2 aromatic carbocycles. The highest BCUT2D eigenvalue weighted by atomic mass is 32.2. The maximum absolute atomic E-state index is 12.1. The van der Waals surface area contributed by atoms with Crippen LogP contribution >= 0.6 is 0 Å². The molecule has 8 nitrogen and oxygen atoms in total. The van der Waals surface area contributed by atoms with Gasteiger partial charge in [0.05, 0.1) is 11.3 Å². The average Bonchev–Trinajstić information content (AvgIpc) is 2.63. The van der Waals surface area contributed by atoms with Crippen molar-refractivity contribution in [3.05, 3.63) is 59.2 Å². The minimum absolute atomic E-state index is 0.0395. The van der Waals surface area contributed by atoms with Crippen molar-refractivity contribution in [1.29, 1.82) is 0 Å². The Hall–Kier alpha value is -2.91. The van der Waals surface area contributed by atoms with Gasteiger partial charge in [0.1, 0.15) is 5.75 Å². The molecule has 2 rings (SSSR count). The first-order chi connectivity index (χ1) is 13.1. The molecule has 4 N–H and O–H groups in total. The Bertz CT molecular complexity index is 972. The first kappa shape index (κ1) is 21.4. The number of rotatable bonds is 6. The van der Waals surface area contributed by atoms with Crippen LogP contribution in [0.4, 0.5) is 0 Å². The molecule has 1 atom stereocenters. The second-order valence-electron chi connectivity index (χ2n) is 6.36. The number of nitrogens with one attached hydrogen (secondary N) is 2. The topological polar surface area (TPSA) is 128 Å². The van der Waals surface area contributed by atoms with Crippen LogP contribution in [0.3, 0.4) is 0 Å². The van der Waals surface area contributed by atoms with Gasteiger partial charge < -0.3 is 4.74 Å². The summed E-state index contributed by atoms with van der Waals surface area (Å²) in [4.78, 5) is 24.1. The van der Waals surface area contributed by atoms with Gasteiger partial charge in [0, 0.05) is 0 Å². The van der Waals surface area contributed by atoms with Gasteiger partial charge in [-0.2, -0.15) is 0 Å². The fourth-order valence-corrected chi connectivity index (χ4v) is 2.87. The molecular weight excluding hydrogens is 382 g/mol. The molecule has 0 radical (unpaired) electrons. The highest BCUT2D eigenvalue weighted by molar-refractivity contribution is 7.89. The molecule has 0 aromatic heterocycles. The third kappa shape index (κ3) is 5.80. The smallest absolute Gasteiger partial charge is 0.279 e. The third-order valence-electron chi connectivity index (χ3n) is 4.17. The Kier molecular flexibility index (Phi) is 6.76. The molecule has 2 aromatic rings. The highest BCUT2D eigenvalue weighted by Crippen LogP contribution is 2.21. The lowest BCUT2D eigenvalue weighted by Gasteiger charge is -2.17. The number of carbonyl (C=O) groups is 2. The number of carbonyl (C=O) groups excluding carboxylic acids is 2. The highest BCUT2D eigenvalue weighted by Gasteiger charge is 2.17. The van der Waals surface area contributed by atoms with E-state index in [-0.39, 0.29) is 11.3 Å². The van der Waals surface area contributed by atoms with Gasteiger partial charge in [0.15, 0.2) is 6.10 Å². The van der Waals surface area contributed by atoms with Crippen LogP contribution < -0.4 is 20.7 Å². The summed E-state index contributed by atoms with van der Waals surface area (Å²) >= 11 is 0. The van der Waals surface area contributed by atoms with Crippen LogP contribution in [0.15, 0.2) is 47.4 Å². The van der Waals surface area contributed by atoms with E-state index in [0.29, 0.717) is 11.3 Å². The number of amides is 2. The zero-order valence-electron chi connectivity index (χ0n) is 15.9. The fraction of sp³-hybridized carbons (Fsp3) is 0.263. The summed E-state index contributed by atoms with van der Waals surface area (Å²) < 4.78 is 28.1. The van der Waals surface area contributed by atoms with Gasteiger partial charge in [-0.25, -0.2) is 13.6 Å². The SMILES string of the molecule is Cc1cccc(OC(C)C(=O)NNC(=O)Cc2ccc(S(N)(=O)=O)cc2)c1C. The third-order valence-corrected chi connectivity index (χ3v) is 5.10. The Morgan fingerprint density at radius 1 is 1.07 bits per heavy atom. The van der Waals surface area contributed by atoms with Crippen LogP contribution in [-0.2, 0) is 26.0 Å². The maximum Gasteiger partial charge on any atom is 0.279 e. The minimum atomic E-state index is -3.78. The van der Waals surface area contributed by atoms with Gasteiger partial charge in [-0.05, 0) is 55.7 Å². The van der Waals surface area contributed by atoms with Crippen LogP contribution in [-0.4, -0.2) is 26.3 Å². The summed E-state index contributed by atoms with van der Waals surface area (Å²) in [7, 11) is -3.78. The van der Waals surface area contributed by atoms with Crippen LogP contribution in [0, 0.1) is 13.8 Å². The molecule has 0 spiro atoms. The van der Waals surface area contributed by atoms with Gasteiger partial charge >= 0.3 is 0 Å². The van der Waals surface area contributed by atoms with Gasteiger partial charge in [0.2, 0.25) is 15.9 Å². The molecule has 0 aliphatic heterocycles. The average molecular weight is 405 g/mol. The standard InChI is InChI=1S/C19H23N3O5S/c1-12-5-4-6-17(13(12)2)27-14(3)19(24)22-21-18(23)11-15-7-9-16(10-8-15)28(20,25)26/h4-10,14H,11H2,1-3H3,(H,21,23)(H,22,24)(H2,20,25,26). The lowest BCUT2D eigenvalue weighted by molar-refractivity contribution is -0.132. The summed E-state index contributed by atoms with van der Waals surface area (Å²) in [5.41, 5.74) is 7.18. The number of hydrazine groups is 1. The van der Waals surface area contributed by atoms with Crippen molar-refractivity contribution < 1.29 is 22.7 Å². The Labute approximate surface area is 164 Å². The summed E-state index contributed by atoms with van der Waals surface area (Å²) in [6.45, 7) is 5.43. The number of hydrogen-bond donors (Lipinski definition) is 3.